The Kier molecular flexibility index (Phi) is 3.77. The zero-order chi connectivity index (χ0) is 13.0. The van der Waals surface area contributed by atoms with E-state index in [1.807, 2.05) is 30.3 Å². The van der Waals surface area contributed by atoms with Gasteiger partial charge in [0, 0.05) is 13.1 Å². The van der Waals surface area contributed by atoms with Gasteiger partial charge < -0.3 is 10.2 Å². The molecule has 1 heterocycles. The van der Waals surface area contributed by atoms with E-state index in [9.17, 15) is 9.59 Å². The molecule has 1 N–H and O–H groups in total. The number of amides is 2. The molecular weight excluding hydrogens is 228 g/mol. The number of carbonyl (C=O) groups excluding carboxylic acids is 2. The monoisotopic (exact) mass is 244 g/mol. The van der Waals surface area contributed by atoms with Crippen LogP contribution in [-0.2, 0) is 16.1 Å². The van der Waals surface area contributed by atoms with Crippen LogP contribution in [0.4, 0.5) is 0 Å². The highest BCUT2D eigenvalue weighted by Crippen LogP contribution is 2.15. The molecule has 2 rings (SSSR count). The Labute approximate surface area is 106 Å². The predicted octanol–water partition coefficient (Wildman–Crippen LogP) is 1.09. The molecule has 2 amide bonds. The first-order valence-corrected chi connectivity index (χ1v) is 5.96. The van der Waals surface area contributed by atoms with Crippen molar-refractivity contribution in [1.29, 1.82) is 0 Å². The zero-order valence-corrected chi connectivity index (χ0v) is 10.1. The summed E-state index contributed by atoms with van der Waals surface area (Å²) in [6.45, 7) is 4.65. The third kappa shape index (κ3) is 2.77. The molecule has 1 aromatic rings. The summed E-state index contributed by atoms with van der Waals surface area (Å²) in [7, 11) is 0. The highest BCUT2D eigenvalue weighted by molar-refractivity contribution is 5.93. The van der Waals surface area contributed by atoms with Crippen molar-refractivity contribution < 1.29 is 9.59 Å². The van der Waals surface area contributed by atoms with Crippen molar-refractivity contribution in [3.05, 3.63) is 48.6 Å². The number of nitrogens with zero attached hydrogens (tertiary/aromatic N) is 1. The number of nitrogens with one attached hydrogen (secondary N) is 1. The van der Waals surface area contributed by atoms with Crippen molar-refractivity contribution in [2.24, 2.45) is 0 Å². The minimum Gasteiger partial charge on any atom is -0.341 e. The largest absolute Gasteiger partial charge is 0.341 e. The van der Waals surface area contributed by atoms with Gasteiger partial charge >= 0.3 is 0 Å². The molecule has 0 spiro atoms. The van der Waals surface area contributed by atoms with E-state index in [0.29, 0.717) is 19.5 Å². The van der Waals surface area contributed by atoms with Gasteiger partial charge in [-0.1, -0.05) is 36.9 Å². The van der Waals surface area contributed by atoms with Crippen molar-refractivity contribution in [3.63, 3.8) is 0 Å². The van der Waals surface area contributed by atoms with Gasteiger partial charge in [0.2, 0.25) is 11.8 Å². The molecule has 0 radical (unpaired) electrons. The highest BCUT2D eigenvalue weighted by atomic mass is 16.2. The summed E-state index contributed by atoms with van der Waals surface area (Å²) in [5, 5.41) is 2.65. The molecule has 1 atom stereocenters. The topological polar surface area (TPSA) is 49.4 Å². The van der Waals surface area contributed by atoms with Crippen molar-refractivity contribution in [1.82, 2.24) is 10.2 Å². The number of benzene rings is 1. The summed E-state index contributed by atoms with van der Waals surface area (Å²) in [6.07, 6.45) is 1.85. The predicted molar refractivity (Wildman–Crippen MR) is 68.6 cm³/mol. The van der Waals surface area contributed by atoms with E-state index in [1.165, 1.54) is 6.08 Å². The molecule has 0 saturated carbocycles. The SMILES string of the molecule is C=CC(=O)NC1CCN(Cc2ccccc2)C1=O. The molecule has 1 aliphatic heterocycles. The average Bonchev–Trinajstić information content (AvgIpc) is 2.73. The van der Waals surface area contributed by atoms with Crippen LogP contribution in [0.15, 0.2) is 43.0 Å². The Bertz CT molecular complexity index is 456. The molecule has 4 nitrogen and oxygen atoms in total. The second-order valence-corrected chi connectivity index (χ2v) is 4.30. The molecule has 1 aliphatic rings. The molecule has 1 fully saturated rings. The van der Waals surface area contributed by atoms with E-state index in [1.54, 1.807) is 4.90 Å². The molecule has 0 aliphatic carbocycles. The summed E-state index contributed by atoms with van der Waals surface area (Å²) in [6, 6.07) is 9.42. The van der Waals surface area contributed by atoms with Crippen LogP contribution in [0.2, 0.25) is 0 Å². The van der Waals surface area contributed by atoms with E-state index < -0.39 is 6.04 Å². The lowest BCUT2D eigenvalue weighted by Gasteiger charge is -2.16. The van der Waals surface area contributed by atoms with E-state index >= 15 is 0 Å². The highest BCUT2D eigenvalue weighted by Gasteiger charge is 2.31. The summed E-state index contributed by atoms with van der Waals surface area (Å²) in [5.74, 6) is -0.316. The lowest BCUT2D eigenvalue weighted by molar-refractivity contribution is -0.132. The second-order valence-electron chi connectivity index (χ2n) is 4.30. The van der Waals surface area contributed by atoms with Crippen molar-refractivity contribution in [2.75, 3.05) is 6.54 Å². The summed E-state index contributed by atoms with van der Waals surface area (Å²) >= 11 is 0. The minimum absolute atomic E-state index is 0.0194. The zero-order valence-electron chi connectivity index (χ0n) is 10.1. The standard InChI is InChI=1S/C14H16N2O2/c1-2-13(17)15-12-8-9-16(14(12)18)10-11-6-4-3-5-7-11/h2-7,12H,1,8-10H2,(H,15,17). The summed E-state index contributed by atoms with van der Waals surface area (Å²) in [4.78, 5) is 25.0. The molecule has 1 unspecified atom stereocenters. The van der Waals surface area contributed by atoms with Gasteiger partial charge in [-0.3, -0.25) is 9.59 Å². The quantitative estimate of drug-likeness (QED) is 0.806. The van der Waals surface area contributed by atoms with Crippen LogP contribution in [0, 0.1) is 0 Å². The van der Waals surface area contributed by atoms with E-state index in [4.69, 9.17) is 0 Å². The molecular formula is C14H16N2O2. The summed E-state index contributed by atoms with van der Waals surface area (Å²) in [5.41, 5.74) is 1.10. The Hall–Kier alpha value is -2.10. The van der Waals surface area contributed by atoms with Crippen LogP contribution >= 0.6 is 0 Å². The lowest BCUT2D eigenvalue weighted by atomic mass is 10.2. The fourth-order valence-corrected chi connectivity index (χ4v) is 2.06. The van der Waals surface area contributed by atoms with Crippen LogP contribution in [0.5, 0.6) is 0 Å². The van der Waals surface area contributed by atoms with Gasteiger partial charge in [-0.05, 0) is 18.1 Å². The number of likely N-dealkylation sites (tertiary alicyclic amines) is 1. The van der Waals surface area contributed by atoms with Gasteiger partial charge in [0.25, 0.3) is 0 Å². The lowest BCUT2D eigenvalue weighted by Crippen LogP contribution is -2.40. The number of hydrogen-bond donors (Lipinski definition) is 1. The van der Waals surface area contributed by atoms with Gasteiger partial charge in [-0.25, -0.2) is 0 Å². The second kappa shape index (κ2) is 5.49. The minimum atomic E-state index is -0.404. The Morgan fingerprint density at radius 3 is 2.83 bits per heavy atom. The Morgan fingerprint density at radius 1 is 1.44 bits per heavy atom. The first kappa shape index (κ1) is 12.4. The van der Waals surface area contributed by atoms with E-state index in [-0.39, 0.29) is 11.8 Å². The van der Waals surface area contributed by atoms with Crippen LogP contribution < -0.4 is 5.32 Å². The molecule has 94 valence electrons. The van der Waals surface area contributed by atoms with Crippen molar-refractivity contribution in [2.45, 2.75) is 19.0 Å². The van der Waals surface area contributed by atoms with Crippen LogP contribution in [0.25, 0.3) is 0 Å². The van der Waals surface area contributed by atoms with E-state index in [2.05, 4.69) is 11.9 Å². The van der Waals surface area contributed by atoms with Gasteiger partial charge in [0.05, 0.1) is 0 Å². The molecule has 18 heavy (non-hydrogen) atoms. The number of rotatable bonds is 4. The Balaban J connectivity index is 1.95. The maximum absolute atomic E-state index is 12.0. The third-order valence-electron chi connectivity index (χ3n) is 3.02. The summed E-state index contributed by atoms with van der Waals surface area (Å²) < 4.78 is 0. The number of carbonyl (C=O) groups is 2. The fourth-order valence-electron chi connectivity index (χ4n) is 2.06. The maximum atomic E-state index is 12.0. The van der Waals surface area contributed by atoms with Gasteiger partial charge in [-0.2, -0.15) is 0 Å². The molecule has 0 aromatic heterocycles. The molecule has 0 bridgehead atoms. The fraction of sp³-hybridized carbons (Fsp3) is 0.286. The van der Waals surface area contributed by atoms with Crippen LogP contribution in [-0.4, -0.2) is 29.3 Å². The average molecular weight is 244 g/mol. The van der Waals surface area contributed by atoms with Crippen molar-refractivity contribution >= 4 is 11.8 Å². The molecule has 1 aromatic carbocycles. The normalized spacial score (nSPS) is 18.8. The van der Waals surface area contributed by atoms with E-state index in [0.717, 1.165) is 5.56 Å². The molecule has 4 heteroatoms. The number of hydrogen-bond acceptors (Lipinski definition) is 2. The van der Waals surface area contributed by atoms with Gasteiger partial charge in [0.15, 0.2) is 0 Å². The maximum Gasteiger partial charge on any atom is 0.245 e. The third-order valence-corrected chi connectivity index (χ3v) is 3.02. The van der Waals surface area contributed by atoms with Crippen LogP contribution in [0.3, 0.4) is 0 Å². The smallest absolute Gasteiger partial charge is 0.245 e. The van der Waals surface area contributed by atoms with Gasteiger partial charge in [-0.15, -0.1) is 0 Å². The van der Waals surface area contributed by atoms with Crippen molar-refractivity contribution in [3.8, 4) is 0 Å². The van der Waals surface area contributed by atoms with Crippen LogP contribution in [0.1, 0.15) is 12.0 Å². The Morgan fingerprint density at radius 2 is 2.17 bits per heavy atom. The first-order chi connectivity index (χ1) is 8.70. The molecule has 1 saturated heterocycles. The van der Waals surface area contributed by atoms with Gasteiger partial charge in [0.1, 0.15) is 6.04 Å². The first-order valence-electron chi connectivity index (χ1n) is 5.96.